The van der Waals surface area contributed by atoms with E-state index in [0.717, 1.165) is 125 Å². The number of hydrogen-bond donors (Lipinski definition) is 0. The second-order valence-electron chi connectivity index (χ2n) is 29.6. The van der Waals surface area contributed by atoms with E-state index in [1.807, 2.05) is 349 Å². The SMILES string of the molecule is CCc1cc(-c2[c-]cccc2)ncc1-c1ccccc1.Cc1cc(-c2[c-]cccc2)ncc1-c1ccccc1.Cc1cccc(-c2[c-]cccc2)n1.Cc1cccc(-c2[c-]cccc2)n1.Cc1cccc(-c2[c-]cccc2)n1.Cc1ccccc1-c1ccc(-c2[c-]cccc2)nc1.Cc1ccccc1-c1ccc(-c2[c-]cccc2)nc1.[Ir].[Ir].[Ir].[Ir].[c-]1ccccc1-c1ccccn1. The van der Waals surface area contributed by atoms with E-state index in [4.69, 9.17) is 0 Å². The zero-order valence-corrected chi connectivity index (χ0v) is 83.8. The first kappa shape index (κ1) is 102. The van der Waals surface area contributed by atoms with Gasteiger partial charge in [0.1, 0.15) is 0 Å². The summed E-state index contributed by atoms with van der Waals surface area (Å²) in [6.07, 6.45) is 10.6. The van der Waals surface area contributed by atoms with Crippen molar-refractivity contribution in [2.24, 2.45) is 0 Å². The largest absolute Gasteiger partial charge is 0.305 e. The molecule has 0 bridgehead atoms. The third-order valence-electron chi connectivity index (χ3n) is 20.3. The molecular weight excluding hydrogens is 2320 g/mol. The van der Waals surface area contributed by atoms with Gasteiger partial charge in [0.25, 0.3) is 0 Å². The maximum Gasteiger partial charge on any atom is 0.0266 e. The molecule has 132 heavy (non-hydrogen) atoms. The van der Waals surface area contributed by atoms with Gasteiger partial charge in [-0.2, -0.15) is 0 Å². The van der Waals surface area contributed by atoms with E-state index in [2.05, 4.69) is 225 Å². The fourth-order valence-corrected chi connectivity index (χ4v) is 13.7. The molecule has 12 aromatic carbocycles. The van der Waals surface area contributed by atoms with Crippen molar-refractivity contribution >= 4 is 0 Å². The Balaban J connectivity index is 0.000000170. The maximum atomic E-state index is 4.60. The van der Waals surface area contributed by atoms with Crippen molar-refractivity contribution in [2.45, 2.75) is 54.9 Å². The van der Waals surface area contributed by atoms with Crippen molar-refractivity contribution in [1.29, 1.82) is 0 Å². The van der Waals surface area contributed by atoms with Crippen LogP contribution in [0.1, 0.15) is 46.3 Å². The monoisotopic (exact) mass is 2420 g/mol. The molecule has 660 valence electrons. The number of aromatic nitrogens is 8. The van der Waals surface area contributed by atoms with Crippen LogP contribution in [0.2, 0.25) is 0 Å². The van der Waals surface area contributed by atoms with Crippen molar-refractivity contribution in [2.75, 3.05) is 0 Å². The molecule has 0 saturated heterocycles. The molecule has 4 radical (unpaired) electrons. The van der Waals surface area contributed by atoms with Gasteiger partial charge in [-0.15, -0.1) is 287 Å². The van der Waals surface area contributed by atoms with Crippen molar-refractivity contribution in [3.63, 3.8) is 0 Å². The van der Waals surface area contributed by atoms with Crippen LogP contribution in [0, 0.1) is 90.1 Å². The van der Waals surface area contributed by atoms with Gasteiger partial charge < -0.3 is 39.9 Å². The van der Waals surface area contributed by atoms with Crippen LogP contribution in [0.15, 0.2) is 443 Å². The van der Waals surface area contributed by atoms with Gasteiger partial charge in [0.2, 0.25) is 0 Å². The van der Waals surface area contributed by atoms with Gasteiger partial charge in [0, 0.05) is 140 Å². The molecule has 0 N–H and O–H groups in total. The summed E-state index contributed by atoms with van der Waals surface area (Å²) in [4.78, 5) is 35.7. The summed E-state index contributed by atoms with van der Waals surface area (Å²) in [7, 11) is 0. The van der Waals surface area contributed by atoms with Crippen LogP contribution in [0.4, 0.5) is 0 Å². The standard InChI is InChI=1S/C19H16N.3C18H14N.3C12H10N.C11H8N.4Ir/c1-2-15-13-19(17-11-7-4-8-12-17)20-14-18(15)16-9-5-3-6-10-16;1-14-12-18(16-10-6-3-7-11-16)19-13-17(14)15-8-4-2-5-9-15;2*1-14-7-5-6-10-17(14)16-11-12-18(19-13-16)15-8-3-2-4-9-15;3*1-10-6-5-9-12(13-10)11-7-3-2-4-8-11;1-2-6-10(7-3-1)11-8-4-5-9-12-11;;;;/h3-11,13-14H,2H2,1H3;2-10,12-13H,1H3;2*2-8,10-13H,1H3;3*2-7,9H,1H3;1-6,8-9H;;;;/q8*-1;;;;. The molecule has 0 aliphatic heterocycles. The predicted molar refractivity (Wildman–Crippen MR) is 528 cm³/mol. The van der Waals surface area contributed by atoms with Crippen LogP contribution < -0.4 is 0 Å². The molecule has 8 aromatic heterocycles. The van der Waals surface area contributed by atoms with E-state index in [1.165, 1.54) is 55.6 Å². The van der Waals surface area contributed by atoms with Gasteiger partial charge in [-0.1, -0.05) is 201 Å². The fraction of sp³-hybridized carbons (Fsp3) is 0.0667. The van der Waals surface area contributed by atoms with E-state index >= 15 is 0 Å². The van der Waals surface area contributed by atoms with Gasteiger partial charge in [-0.05, 0) is 173 Å². The molecule has 8 heterocycles. The summed E-state index contributed by atoms with van der Waals surface area (Å²) >= 11 is 0. The smallest absolute Gasteiger partial charge is 0.0266 e. The molecule has 0 aliphatic carbocycles. The number of hydrogen-bond acceptors (Lipinski definition) is 8. The summed E-state index contributed by atoms with van der Waals surface area (Å²) in [5.74, 6) is 0. The van der Waals surface area contributed by atoms with Gasteiger partial charge in [-0.3, -0.25) is 0 Å². The molecule has 0 spiro atoms. The molecule has 0 atom stereocenters. The van der Waals surface area contributed by atoms with Crippen molar-refractivity contribution in [1.82, 2.24) is 39.9 Å². The zero-order valence-electron chi connectivity index (χ0n) is 74.3. The second kappa shape index (κ2) is 55.5. The van der Waals surface area contributed by atoms with Crippen LogP contribution in [0.25, 0.3) is 135 Å². The average Bonchev–Trinajstić information content (AvgIpc) is 0.801. The topological polar surface area (TPSA) is 103 Å². The first-order valence-corrected chi connectivity index (χ1v) is 42.6. The summed E-state index contributed by atoms with van der Waals surface area (Å²) < 4.78 is 0. The Kier molecular flexibility index (Phi) is 42.9. The predicted octanol–water partition coefficient (Wildman–Crippen LogP) is 29.5. The third-order valence-corrected chi connectivity index (χ3v) is 20.3. The fourth-order valence-electron chi connectivity index (χ4n) is 13.7. The van der Waals surface area contributed by atoms with Crippen LogP contribution >= 0.6 is 0 Å². The number of rotatable bonds is 13. The Morgan fingerprint density at radius 2 is 0.477 bits per heavy atom. The molecule has 20 rings (SSSR count). The minimum Gasteiger partial charge on any atom is -0.305 e. The minimum absolute atomic E-state index is 0. The summed E-state index contributed by atoms with van der Waals surface area (Å²) in [6, 6.07) is 163. The van der Waals surface area contributed by atoms with Crippen LogP contribution in [0.5, 0.6) is 0 Å². The molecule has 0 fully saturated rings. The summed E-state index contributed by atoms with van der Waals surface area (Å²) in [5, 5.41) is 0. The molecule has 20 aromatic rings. The molecule has 0 unspecified atom stereocenters. The average molecular weight is 2420 g/mol. The van der Waals surface area contributed by atoms with Gasteiger partial charge in [-0.25, -0.2) is 0 Å². The Morgan fingerprint density at radius 3 is 0.773 bits per heavy atom. The Labute approximate surface area is 833 Å². The van der Waals surface area contributed by atoms with E-state index < -0.39 is 0 Å². The van der Waals surface area contributed by atoms with E-state index in [-0.39, 0.29) is 80.4 Å². The molecular formula is C120H96Ir4N8-8. The zero-order chi connectivity index (χ0) is 88.5. The molecule has 8 nitrogen and oxygen atoms in total. The van der Waals surface area contributed by atoms with Gasteiger partial charge >= 0.3 is 0 Å². The summed E-state index contributed by atoms with van der Waals surface area (Å²) in [6.45, 7) is 14.5. The van der Waals surface area contributed by atoms with E-state index in [9.17, 15) is 0 Å². The Bertz CT molecular complexity index is 6310. The third kappa shape index (κ3) is 31.4. The normalized spacial score (nSPS) is 9.87. The van der Waals surface area contributed by atoms with Crippen molar-refractivity contribution in [3.05, 3.63) is 531 Å². The Morgan fingerprint density at radius 1 is 0.197 bits per heavy atom. The van der Waals surface area contributed by atoms with Gasteiger partial charge in [0.15, 0.2) is 0 Å². The number of pyridine rings is 8. The van der Waals surface area contributed by atoms with E-state index in [0.29, 0.717) is 0 Å². The van der Waals surface area contributed by atoms with Crippen LogP contribution in [0.3, 0.4) is 0 Å². The minimum atomic E-state index is 0. The Hall–Kier alpha value is -13.6. The maximum absolute atomic E-state index is 4.60. The molecule has 0 saturated carbocycles. The number of nitrogens with zero attached hydrogens (tertiary/aromatic N) is 8. The summed E-state index contributed by atoms with van der Waals surface area (Å²) in [5.41, 5.74) is 33.9. The number of aryl methyl sites for hydroxylation is 7. The van der Waals surface area contributed by atoms with Crippen molar-refractivity contribution < 1.29 is 80.4 Å². The second-order valence-corrected chi connectivity index (χ2v) is 29.6. The molecule has 0 aliphatic rings. The van der Waals surface area contributed by atoms with E-state index in [1.54, 1.807) is 6.20 Å². The molecule has 0 amide bonds. The van der Waals surface area contributed by atoms with Crippen LogP contribution in [-0.4, -0.2) is 39.9 Å². The first-order valence-electron chi connectivity index (χ1n) is 42.6. The van der Waals surface area contributed by atoms with Gasteiger partial charge in [0.05, 0.1) is 0 Å². The molecule has 12 heteroatoms. The number of benzene rings is 12. The van der Waals surface area contributed by atoms with Crippen molar-refractivity contribution in [3.8, 4) is 135 Å². The van der Waals surface area contributed by atoms with Crippen LogP contribution in [-0.2, 0) is 86.8 Å². The quantitative estimate of drug-likeness (QED) is 0.105. The first-order chi connectivity index (χ1) is 63.0.